The summed E-state index contributed by atoms with van der Waals surface area (Å²) in [7, 11) is 0. The smallest absolute Gasteiger partial charge is 0.131 e. The molecule has 0 spiro atoms. The third-order valence-corrected chi connectivity index (χ3v) is 3.62. The van der Waals surface area contributed by atoms with Crippen LogP contribution in [-0.4, -0.2) is 26.4 Å². The molecule has 0 amide bonds. The topological polar surface area (TPSA) is 44.8 Å². The SMILES string of the molecule is CC(C)c1ncc2c(n1)CN(Cc1ccc[nH]1)CC2. The number of H-pyrrole nitrogens is 1. The van der Waals surface area contributed by atoms with Crippen LogP contribution in [0.1, 0.15) is 42.5 Å². The van der Waals surface area contributed by atoms with E-state index in [-0.39, 0.29) is 0 Å². The van der Waals surface area contributed by atoms with E-state index in [1.54, 1.807) is 0 Å². The molecule has 4 heteroatoms. The van der Waals surface area contributed by atoms with Gasteiger partial charge in [-0.2, -0.15) is 0 Å². The lowest BCUT2D eigenvalue weighted by molar-refractivity contribution is 0.238. The van der Waals surface area contributed by atoms with Gasteiger partial charge in [-0.25, -0.2) is 9.97 Å². The molecule has 0 radical (unpaired) electrons. The lowest BCUT2D eigenvalue weighted by Gasteiger charge is -2.27. The summed E-state index contributed by atoms with van der Waals surface area (Å²) in [6.45, 7) is 7.25. The molecular weight excluding hydrogens is 236 g/mol. The summed E-state index contributed by atoms with van der Waals surface area (Å²) < 4.78 is 0. The summed E-state index contributed by atoms with van der Waals surface area (Å²) in [4.78, 5) is 14.9. The predicted molar refractivity (Wildman–Crippen MR) is 74.7 cm³/mol. The van der Waals surface area contributed by atoms with Gasteiger partial charge in [-0.15, -0.1) is 0 Å². The Morgan fingerprint density at radius 3 is 3.05 bits per heavy atom. The van der Waals surface area contributed by atoms with Crippen molar-refractivity contribution < 1.29 is 0 Å². The fraction of sp³-hybridized carbons (Fsp3) is 0.467. The highest BCUT2D eigenvalue weighted by Crippen LogP contribution is 2.20. The maximum absolute atomic E-state index is 4.73. The van der Waals surface area contributed by atoms with Gasteiger partial charge in [-0.05, 0) is 24.1 Å². The minimum Gasteiger partial charge on any atom is -0.364 e. The molecule has 0 atom stereocenters. The Balaban J connectivity index is 1.76. The van der Waals surface area contributed by atoms with E-state index in [4.69, 9.17) is 4.98 Å². The van der Waals surface area contributed by atoms with Crippen LogP contribution in [0.2, 0.25) is 0 Å². The quantitative estimate of drug-likeness (QED) is 0.917. The Morgan fingerprint density at radius 1 is 1.42 bits per heavy atom. The number of nitrogens with one attached hydrogen (secondary N) is 1. The van der Waals surface area contributed by atoms with Crippen LogP contribution in [0.25, 0.3) is 0 Å². The molecule has 1 aliphatic heterocycles. The highest BCUT2D eigenvalue weighted by molar-refractivity contribution is 5.21. The van der Waals surface area contributed by atoms with E-state index in [1.165, 1.54) is 17.0 Å². The molecule has 0 aromatic carbocycles. The van der Waals surface area contributed by atoms with E-state index >= 15 is 0 Å². The third kappa shape index (κ3) is 2.68. The number of nitrogens with zero attached hydrogens (tertiary/aromatic N) is 3. The van der Waals surface area contributed by atoms with Crippen molar-refractivity contribution in [2.24, 2.45) is 0 Å². The summed E-state index contributed by atoms with van der Waals surface area (Å²) in [5, 5.41) is 0. The number of aromatic nitrogens is 3. The second kappa shape index (κ2) is 5.13. The highest BCUT2D eigenvalue weighted by Gasteiger charge is 2.19. The van der Waals surface area contributed by atoms with Gasteiger partial charge in [0.05, 0.1) is 5.69 Å². The maximum Gasteiger partial charge on any atom is 0.131 e. The molecule has 19 heavy (non-hydrogen) atoms. The summed E-state index contributed by atoms with van der Waals surface area (Å²) >= 11 is 0. The van der Waals surface area contributed by atoms with Gasteiger partial charge in [0.15, 0.2) is 0 Å². The highest BCUT2D eigenvalue weighted by atomic mass is 15.1. The first-order valence-electron chi connectivity index (χ1n) is 6.91. The van der Waals surface area contributed by atoms with Crippen LogP contribution in [0.5, 0.6) is 0 Å². The molecule has 1 aliphatic rings. The number of aromatic amines is 1. The number of rotatable bonds is 3. The van der Waals surface area contributed by atoms with Gasteiger partial charge in [0.2, 0.25) is 0 Å². The van der Waals surface area contributed by atoms with E-state index in [9.17, 15) is 0 Å². The zero-order chi connectivity index (χ0) is 13.2. The van der Waals surface area contributed by atoms with Gasteiger partial charge in [0, 0.05) is 43.6 Å². The van der Waals surface area contributed by atoms with Crippen molar-refractivity contribution in [2.45, 2.75) is 39.3 Å². The van der Waals surface area contributed by atoms with Gasteiger partial charge in [0.1, 0.15) is 5.82 Å². The standard InChI is InChI=1S/C15H20N4/c1-11(2)15-17-8-12-5-7-19(10-14(12)18-15)9-13-4-3-6-16-13/h3-4,6,8,11,16H,5,7,9-10H2,1-2H3. The van der Waals surface area contributed by atoms with E-state index in [0.717, 1.165) is 31.9 Å². The third-order valence-electron chi connectivity index (χ3n) is 3.62. The van der Waals surface area contributed by atoms with Crippen LogP contribution in [0.3, 0.4) is 0 Å². The van der Waals surface area contributed by atoms with Crippen molar-refractivity contribution in [3.63, 3.8) is 0 Å². The van der Waals surface area contributed by atoms with Gasteiger partial charge in [-0.1, -0.05) is 13.8 Å². The second-order valence-electron chi connectivity index (χ2n) is 5.51. The maximum atomic E-state index is 4.73. The van der Waals surface area contributed by atoms with E-state index in [0.29, 0.717) is 5.92 Å². The minimum absolute atomic E-state index is 0.393. The fourth-order valence-corrected chi connectivity index (χ4v) is 2.49. The van der Waals surface area contributed by atoms with Crippen LogP contribution in [0.15, 0.2) is 24.5 Å². The summed E-state index contributed by atoms with van der Waals surface area (Å²) in [6.07, 6.45) is 5.05. The number of hydrogen-bond donors (Lipinski definition) is 1. The van der Waals surface area contributed by atoms with Crippen molar-refractivity contribution in [3.8, 4) is 0 Å². The van der Waals surface area contributed by atoms with E-state index in [1.807, 2.05) is 18.5 Å². The predicted octanol–water partition coefficient (Wildman–Crippen LogP) is 2.49. The summed E-state index contributed by atoms with van der Waals surface area (Å²) in [6, 6.07) is 4.18. The van der Waals surface area contributed by atoms with Gasteiger partial charge in [0.25, 0.3) is 0 Å². The van der Waals surface area contributed by atoms with Gasteiger partial charge in [-0.3, -0.25) is 4.90 Å². The van der Waals surface area contributed by atoms with E-state index in [2.05, 4.69) is 34.8 Å². The van der Waals surface area contributed by atoms with Crippen LogP contribution in [0, 0.1) is 0 Å². The molecule has 0 fully saturated rings. The zero-order valence-electron chi connectivity index (χ0n) is 11.6. The van der Waals surface area contributed by atoms with Crippen LogP contribution >= 0.6 is 0 Å². The molecule has 1 N–H and O–H groups in total. The van der Waals surface area contributed by atoms with Crippen molar-refractivity contribution in [1.29, 1.82) is 0 Å². The average molecular weight is 256 g/mol. The molecule has 3 rings (SSSR count). The lowest BCUT2D eigenvalue weighted by Crippen LogP contribution is -2.31. The molecule has 4 nitrogen and oxygen atoms in total. The molecule has 0 saturated carbocycles. The van der Waals surface area contributed by atoms with Crippen molar-refractivity contribution in [1.82, 2.24) is 19.9 Å². The molecule has 0 unspecified atom stereocenters. The average Bonchev–Trinajstić information content (AvgIpc) is 2.90. The monoisotopic (exact) mass is 256 g/mol. The van der Waals surface area contributed by atoms with Crippen molar-refractivity contribution >= 4 is 0 Å². The van der Waals surface area contributed by atoms with Crippen molar-refractivity contribution in [2.75, 3.05) is 6.54 Å². The summed E-state index contributed by atoms with van der Waals surface area (Å²) in [5.41, 5.74) is 3.78. The minimum atomic E-state index is 0.393. The zero-order valence-corrected chi connectivity index (χ0v) is 11.6. The van der Waals surface area contributed by atoms with Gasteiger partial charge < -0.3 is 4.98 Å². The van der Waals surface area contributed by atoms with Crippen LogP contribution < -0.4 is 0 Å². The number of fused-ring (bicyclic) bond motifs is 1. The first-order chi connectivity index (χ1) is 9.22. The molecule has 100 valence electrons. The molecule has 2 aromatic rings. The van der Waals surface area contributed by atoms with Gasteiger partial charge >= 0.3 is 0 Å². The summed E-state index contributed by atoms with van der Waals surface area (Å²) in [5.74, 6) is 1.35. The van der Waals surface area contributed by atoms with Crippen molar-refractivity contribution in [3.05, 3.63) is 47.3 Å². The second-order valence-corrected chi connectivity index (χ2v) is 5.51. The Kier molecular flexibility index (Phi) is 3.34. The molecular formula is C15H20N4. The number of hydrogen-bond acceptors (Lipinski definition) is 3. The molecule has 0 saturated heterocycles. The fourth-order valence-electron chi connectivity index (χ4n) is 2.49. The first-order valence-corrected chi connectivity index (χ1v) is 6.91. The first kappa shape index (κ1) is 12.4. The van der Waals surface area contributed by atoms with Crippen LogP contribution in [0.4, 0.5) is 0 Å². The van der Waals surface area contributed by atoms with Crippen LogP contribution in [-0.2, 0) is 19.5 Å². The Morgan fingerprint density at radius 2 is 2.32 bits per heavy atom. The Labute approximate surface area is 113 Å². The Bertz CT molecular complexity index is 545. The Hall–Kier alpha value is -1.68. The molecule has 0 aliphatic carbocycles. The normalized spacial score (nSPS) is 15.7. The molecule has 3 heterocycles. The van der Waals surface area contributed by atoms with E-state index < -0.39 is 0 Å². The lowest BCUT2D eigenvalue weighted by atomic mass is 10.1. The molecule has 2 aromatic heterocycles. The molecule has 0 bridgehead atoms. The largest absolute Gasteiger partial charge is 0.364 e.